The SMILES string of the molecule is CCCCCC(=O)OC(C)(C)N=NC(C)(C)OC(=O)CCCCC. The van der Waals surface area contributed by atoms with E-state index in [2.05, 4.69) is 24.1 Å². The quantitative estimate of drug-likeness (QED) is 0.279. The monoisotopic (exact) mass is 342 g/mol. The second-order valence-corrected chi connectivity index (χ2v) is 6.96. The van der Waals surface area contributed by atoms with Crippen molar-refractivity contribution in [2.75, 3.05) is 0 Å². The molecule has 0 spiro atoms. The van der Waals surface area contributed by atoms with Crippen LogP contribution in [0.25, 0.3) is 0 Å². The van der Waals surface area contributed by atoms with Crippen LogP contribution >= 0.6 is 0 Å². The molecule has 0 saturated heterocycles. The summed E-state index contributed by atoms with van der Waals surface area (Å²) in [6, 6.07) is 0. The lowest BCUT2D eigenvalue weighted by Gasteiger charge is -2.23. The maximum atomic E-state index is 11.8. The lowest BCUT2D eigenvalue weighted by molar-refractivity contribution is -0.161. The van der Waals surface area contributed by atoms with Gasteiger partial charge in [0, 0.05) is 12.8 Å². The van der Waals surface area contributed by atoms with Gasteiger partial charge in [-0.05, 0) is 40.5 Å². The number of carbonyl (C=O) groups excluding carboxylic acids is 2. The first-order chi connectivity index (χ1) is 11.1. The fourth-order valence-corrected chi connectivity index (χ4v) is 1.98. The lowest BCUT2D eigenvalue weighted by Crippen LogP contribution is -2.29. The van der Waals surface area contributed by atoms with E-state index < -0.39 is 11.4 Å². The molecule has 0 bridgehead atoms. The summed E-state index contributed by atoms with van der Waals surface area (Å²) in [5.41, 5.74) is -2.15. The van der Waals surface area contributed by atoms with Crippen molar-refractivity contribution >= 4 is 11.9 Å². The smallest absolute Gasteiger partial charge is 0.307 e. The first kappa shape index (κ1) is 22.5. The van der Waals surface area contributed by atoms with Gasteiger partial charge in [0.2, 0.25) is 11.4 Å². The molecular formula is C18H34N2O4. The predicted octanol–water partition coefficient (Wildman–Crippen LogP) is 5.16. The zero-order valence-corrected chi connectivity index (χ0v) is 16.2. The van der Waals surface area contributed by atoms with Gasteiger partial charge in [-0.3, -0.25) is 9.59 Å². The first-order valence-corrected chi connectivity index (χ1v) is 8.99. The van der Waals surface area contributed by atoms with Crippen molar-refractivity contribution in [2.24, 2.45) is 10.2 Å². The summed E-state index contributed by atoms with van der Waals surface area (Å²) >= 11 is 0. The zero-order chi connectivity index (χ0) is 18.6. The third kappa shape index (κ3) is 12.0. The number of carbonyl (C=O) groups is 2. The largest absolute Gasteiger partial charge is 0.436 e. The van der Waals surface area contributed by atoms with Crippen molar-refractivity contribution < 1.29 is 19.1 Å². The molecule has 0 aliphatic heterocycles. The average Bonchev–Trinajstić information content (AvgIpc) is 2.45. The molecule has 0 heterocycles. The molecule has 0 saturated carbocycles. The summed E-state index contributed by atoms with van der Waals surface area (Å²) in [6.45, 7) is 10.8. The molecule has 0 aromatic heterocycles. The van der Waals surface area contributed by atoms with E-state index in [4.69, 9.17) is 9.47 Å². The van der Waals surface area contributed by atoms with Gasteiger partial charge in [-0.2, -0.15) is 0 Å². The summed E-state index contributed by atoms with van der Waals surface area (Å²) < 4.78 is 10.6. The minimum atomic E-state index is -1.07. The maximum absolute atomic E-state index is 11.8. The highest BCUT2D eigenvalue weighted by Crippen LogP contribution is 2.20. The van der Waals surface area contributed by atoms with Crippen molar-refractivity contribution in [2.45, 2.75) is 104 Å². The summed E-state index contributed by atoms with van der Waals surface area (Å²) in [5, 5.41) is 8.10. The molecule has 0 radical (unpaired) electrons. The van der Waals surface area contributed by atoms with Gasteiger partial charge < -0.3 is 9.47 Å². The van der Waals surface area contributed by atoms with E-state index in [-0.39, 0.29) is 11.9 Å². The second-order valence-electron chi connectivity index (χ2n) is 6.96. The van der Waals surface area contributed by atoms with E-state index in [0.717, 1.165) is 38.5 Å². The minimum Gasteiger partial charge on any atom is -0.436 e. The van der Waals surface area contributed by atoms with Gasteiger partial charge in [0.15, 0.2) is 0 Å². The van der Waals surface area contributed by atoms with Gasteiger partial charge in [0.05, 0.1) is 0 Å². The van der Waals surface area contributed by atoms with Crippen molar-refractivity contribution in [1.82, 2.24) is 0 Å². The van der Waals surface area contributed by atoms with Crippen LogP contribution < -0.4 is 0 Å². The van der Waals surface area contributed by atoms with Crippen LogP contribution in [0.1, 0.15) is 92.9 Å². The van der Waals surface area contributed by atoms with Crippen LogP contribution in [0.4, 0.5) is 0 Å². The zero-order valence-electron chi connectivity index (χ0n) is 16.2. The summed E-state index contributed by atoms with van der Waals surface area (Å²) in [4.78, 5) is 23.5. The third-order valence-electron chi connectivity index (χ3n) is 3.23. The highest BCUT2D eigenvalue weighted by molar-refractivity contribution is 5.70. The van der Waals surface area contributed by atoms with Gasteiger partial charge in [0.1, 0.15) is 0 Å². The highest BCUT2D eigenvalue weighted by Gasteiger charge is 2.26. The molecule has 0 aliphatic rings. The average molecular weight is 342 g/mol. The van der Waals surface area contributed by atoms with Gasteiger partial charge in [-0.1, -0.05) is 39.5 Å². The Hall–Kier alpha value is -1.46. The van der Waals surface area contributed by atoms with Crippen LogP contribution in [0, 0.1) is 0 Å². The molecule has 0 aliphatic carbocycles. The molecular weight excluding hydrogens is 308 g/mol. The highest BCUT2D eigenvalue weighted by atomic mass is 16.6. The molecule has 6 nitrogen and oxygen atoms in total. The molecule has 0 atom stereocenters. The third-order valence-corrected chi connectivity index (χ3v) is 3.23. The second kappa shape index (κ2) is 11.2. The van der Waals surface area contributed by atoms with Crippen LogP contribution in [-0.4, -0.2) is 23.4 Å². The Morgan fingerprint density at radius 3 is 1.33 bits per heavy atom. The van der Waals surface area contributed by atoms with E-state index >= 15 is 0 Å². The van der Waals surface area contributed by atoms with Crippen LogP contribution in [-0.2, 0) is 19.1 Å². The minimum absolute atomic E-state index is 0.290. The Kier molecular flexibility index (Phi) is 10.5. The Labute approximate surface area is 146 Å². The van der Waals surface area contributed by atoms with E-state index in [1.165, 1.54) is 0 Å². The number of unbranched alkanes of at least 4 members (excludes halogenated alkanes) is 4. The molecule has 0 aromatic rings. The Bertz CT molecular complexity index is 379. The van der Waals surface area contributed by atoms with Gasteiger partial charge in [0.25, 0.3) is 0 Å². The van der Waals surface area contributed by atoms with Gasteiger partial charge in [-0.25, -0.2) is 0 Å². The van der Waals surface area contributed by atoms with Crippen LogP contribution in [0.5, 0.6) is 0 Å². The lowest BCUT2D eigenvalue weighted by atomic mass is 10.2. The number of nitrogens with zero attached hydrogens (tertiary/aromatic N) is 2. The van der Waals surface area contributed by atoms with Crippen LogP contribution in [0.15, 0.2) is 10.2 Å². The normalized spacial score (nSPS) is 12.4. The van der Waals surface area contributed by atoms with E-state index in [9.17, 15) is 9.59 Å². The summed E-state index contributed by atoms with van der Waals surface area (Å²) in [5.74, 6) is -0.580. The van der Waals surface area contributed by atoms with Gasteiger partial charge >= 0.3 is 11.9 Å². The Balaban J connectivity index is 4.43. The number of rotatable bonds is 12. The van der Waals surface area contributed by atoms with Crippen molar-refractivity contribution in [3.05, 3.63) is 0 Å². The molecule has 24 heavy (non-hydrogen) atoms. The van der Waals surface area contributed by atoms with Crippen LogP contribution in [0.3, 0.4) is 0 Å². The Morgan fingerprint density at radius 1 is 0.708 bits per heavy atom. The standard InChI is InChI=1S/C18H34N2O4/c1-7-9-11-13-15(21)23-17(3,4)19-20-18(5,6)24-16(22)14-12-10-8-2/h7-14H2,1-6H3. The topological polar surface area (TPSA) is 77.3 Å². The molecule has 0 rings (SSSR count). The summed E-state index contributed by atoms with van der Waals surface area (Å²) in [7, 11) is 0. The van der Waals surface area contributed by atoms with Crippen molar-refractivity contribution in [3.63, 3.8) is 0 Å². The number of hydrogen-bond donors (Lipinski definition) is 0. The molecule has 0 amide bonds. The molecule has 6 heteroatoms. The molecule has 0 unspecified atom stereocenters. The number of ether oxygens (including phenoxy) is 2. The number of azo groups is 1. The van der Waals surface area contributed by atoms with E-state index in [1.54, 1.807) is 27.7 Å². The molecule has 0 fully saturated rings. The van der Waals surface area contributed by atoms with E-state index in [1.807, 2.05) is 0 Å². The fraction of sp³-hybridized carbons (Fsp3) is 0.889. The van der Waals surface area contributed by atoms with Crippen molar-refractivity contribution in [3.8, 4) is 0 Å². The number of hydrogen-bond acceptors (Lipinski definition) is 6. The Morgan fingerprint density at radius 2 is 1.04 bits per heavy atom. The van der Waals surface area contributed by atoms with Crippen LogP contribution in [0.2, 0.25) is 0 Å². The first-order valence-electron chi connectivity index (χ1n) is 8.99. The van der Waals surface area contributed by atoms with Crippen molar-refractivity contribution in [1.29, 1.82) is 0 Å². The summed E-state index contributed by atoms with van der Waals surface area (Å²) in [6.07, 6.45) is 6.47. The molecule has 0 N–H and O–H groups in total. The van der Waals surface area contributed by atoms with E-state index in [0.29, 0.717) is 12.8 Å². The maximum Gasteiger partial charge on any atom is 0.307 e. The number of esters is 2. The fourth-order valence-electron chi connectivity index (χ4n) is 1.98. The van der Waals surface area contributed by atoms with Gasteiger partial charge in [-0.15, -0.1) is 10.2 Å². The predicted molar refractivity (Wildman–Crippen MR) is 93.5 cm³/mol. The molecule has 0 aromatic carbocycles. The molecule has 140 valence electrons.